The summed E-state index contributed by atoms with van der Waals surface area (Å²) in [6, 6.07) is 12.4. The largest absolute Gasteiger partial charge is 0.331 e. The molecule has 0 aliphatic rings. The van der Waals surface area contributed by atoms with Crippen LogP contribution in [0.1, 0.15) is 16.7 Å². The summed E-state index contributed by atoms with van der Waals surface area (Å²) in [7, 11) is 0. The number of aryl methyl sites for hydroxylation is 3. The van der Waals surface area contributed by atoms with Gasteiger partial charge in [0.05, 0.1) is 5.69 Å². The Hall–Kier alpha value is -1.84. The molecule has 2 nitrogen and oxygen atoms in total. The van der Waals surface area contributed by atoms with Crippen molar-refractivity contribution in [3.63, 3.8) is 0 Å². The van der Waals surface area contributed by atoms with Crippen LogP contribution in [0, 0.1) is 20.8 Å². The van der Waals surface area contributed by atoms with E-state index in [9.17, 15) is 0 Å². The Morgan fingerprint density at radius 1 is 1.00 bits per heavy atom. The molecule has 4 heteroatoms. The fraction of sp³-hybridized carbons (Fsp3) is 0.167. The van der Waals surface area contributed by atoms with E-state index in [4.69, 9.17) is 11.6 Å². The van der Waals surface area contributed by atoms with Crippen LogP contribution in [0.3, 0.4) is 0 Å². The molecule has 1 aromatic heterocycles. The van der Waals surface area contributed by atoms with E-state index in [-0.39, 0.29) is 0 Å². The molecule has 0 saturated carbocycles. The maximum atomic E-state index is 6.08. The highest BCUT2D eigenvalue weighted by molar-refractivity contribution is 7.14. The van der Waals surface area contributed by atoms with Crippen LogP contribution in [-0.4, -0.2) is 4.98 Å². The minimum atomic E-state index is 0.785. The van der Waals surface area contributed by atoms with Gasteiger partial charge < -0.3 is 5.32 Å². The van der Waals surface area contributed by atoms with Gasteiger partial charge in [0.25, 0.3) is 0 Å². The van der Waals surface area contributed by atoms with E-state index in [0.717, 1.165) is 32.7 Å². The van der Waals surface area contributed by atoms with E-state index in [1.54, 1.807) is 11.3 Å². The zero-order chi connectivity index (χ0) is 15.7. The Morgan fingerprint density at radius 2 is 1.82 bits per heavy atom. The minimum Gasteiger partial charge on any atom is -0.331 e. The lowest BCUT2D eigenvalue weighted by Crippen LogP contribution is -1.93. The monoisotopic (exact) mass is 328 g/mol. The number of hydrogen-bond donors (Lipinski definition) is 1. The molecule has 0 bridgehead atoms. The van der Waals surface area contributed by atoms with Gasteiger partial charge in [-0.25, -0.2) is 4.98 Å². The summed E-state index contributed by atoms with van der Waals surface area (Å²) in [6.07, 6.45) is 0. The first-order chi connectivity index (χ1) is 10.5. The SMILES string of the molecule is Cc1ccc(Nc2nc(-c3ccc(Cl)c(C)c3)cs2)c(C)c1. The van der Waals surface area contributed by atoms with Gasteiger partial charge >= 0.3 is 0 Å². The van der Waals surface area contributed by atoms with E-state index in [1.165, 1.54) is 11.1 Å². The van der Waals surface area contributed by atoms with E-state index in [1.807, 2.05) is 19.1 Å². The molecule has 0 aliphatic heterocycles. The normalized spacial score (nSPS) is 10.7. The van der Waals surface area contributed by atoms with Crippen molar-refractivity contribution in [1.29, 1.82) is 0 Å². The molecule has 3 rings (SSSR count). The first-order valence-electron chi connectivity index (χ1n) is 7.09. The van der Waals surface area contributed by atoms with E-state index < -0.39 is 0 Å². The Labute approximate surface area is 139 Å². The van der Waals surface area contributed by atoms with Crippen LogP contribution in [0.25, 0.3) is 11.3 Å². The quantitative estimate of drug-likeness (QED) is 0.625. The molecule has 0 amide bonds. The maximum absolute atomic E-state index is 6.08. The lowest BCUT2D eigenvalue weighted by atomic mass is 10.1. The lowest BCUT2D eigenvalue weighted by Gasteiger charge is -2.07. The summed E-state index contributed by atoms with van der Waals surface area (Å²) in [5.41, 5.74) is 6.71. The number of nitrogens with zero attached hydrogens (tertiary/aromatic N) is 1. The molecule has 1 heterocycles. The average molecular weight is 329 g/mol. The average Bonchev–Trinajstić information content (AvgIpc) is 2.93. The van der Waals surface area contributed by atoms with Crippen molar-refractivity contribution in [1.82, 2.24) is 4.98 Å². The topological polar surface area (TPSA) is 24.9 Å². The molecule has 0 unspecified atom stereocenters. The highest BCUT2D eigenvalue weighted by Crippen LogP contribution is 2.30. The highest BCUT2D eigenvalue weighted by atomic mass is 35.5. The highest BCUT2D eigenvalue weighted by Gasteiger charge is 2.07. The number of nitrogens with one attached hydrogen (secondary N) is 1. The standard InChI is InChI=1S/C18H17ClN2S/c1-11-4-7-16(13(3)8-11)20-18-21-17(10-22-18)14-5-6-15(19)12(2)9-14/h4-10H,1-3H3,(H,20,21). The second-order valence-electron chi connectivity index (χ2n) is 5.45. The molecule has 0 fully saturated rings. The first-order valence-corrected chi connectivity index (χ1v) is 8.35. The lowest BCUT2D eigenvalue weighted by molar-refractivity contribution is 1.33. The molecule has 2 aromatic carbocycles. The molecule has 0 aliphatic carbocycles. The third kappa shape index (κ3) is 3.16. The van der Waals surface area contributed by atoms with Gasteiger partial charge in [-0.3, -0.25) is 0 Å². The third-order valence-corrected chi connectivity index (χ3v) is 4.76. The second-order valence-corrected chi connectivity index (χ2v) is 6.71. The van der Waals surface area contributed by atoms with Crippen LogP contribution in [0.2, 0.25) is 5.02 Å². The fourth-order valence-electron chi connectivity index (χ4n) is 2.34. The molecule has 112 valence electrons. The van der Waals surface area contributed by atoms with Crippen LogP contribution in [-0.2, 0) is 0 Å². The Morgan fingerprint density at radius 3 is 2.55 bits per heavy atom. The van der Waals surface area contributed by atoms with Gasteiger partial charge in [0.1, 0.15) is 0 Å². The second kappa shape index (κ2) is 6.11. The smallest absolute Gasteiger partial charge is 0.187 e. The van der Waals surface area contributed by atoms with Gasteiger partial charge in [0.15, 0.2) is 5.13 Å². The summed E-state index contributed by atoms with van der Waals surface area (Å²) in [5.74, 6) is 0. The van der Waals surface area contributed by atoms with Crippen molar-refractivity contribution in [3.8, 4) is 11.3 Å². The molecular weight excluding hydrogens is 312 g/mol. The summed E-state index contributed by atoms with van der Waals surface area (Å²) >= 11 is 7.69. The zero-order valence-corrected chi connectivity index (χ0v) is 14.3. The van der Waals surface area contributed by atoms with Crippen LogP contribution in [0.5, 0.6) is 0 Å². The minimum absolute atomic E-state index is 0.785. The third-order valence-electron chi connectivity index (χ3n) is 3.58. The van der Waals surface area contributed by atoms with Crippen molar-refractivity contribution in [2.24, 2.45) is 0 Å². The zero-order valence-electron chi connectivity index (χ0n) is 12.8. The van der Waals surface area contributed by atoms with E-state index >= 15 is 0 Å². The van der Waals surface area contributed by atoms with Gasteiger partial charge in [-0.2, -0.15) is 0 Å². The van der Waals surface area contributed by atoms with Crippen LogP contribution in [0.15, 0.2) is 41.8 Å². The number of halogens is 1. The van der Waals surface area contributed by atoms with Crippen molar-refractivity contribution < 1.29 is 0 Å². The Bertz CT molecular complexity index is 824. The summed E-state index contributed by atoms with van der Waals surface area (Å²) in [6.45, 7) is 6.21. The molecule has 22 heavy (non-hydrogen) atoms. The summed E-state index contributed by atoms with van der Waals surface area (Å²) in [4.78, 5) is 4.67. The summed E-state index contributed by atoms with van der Waals surface area (Å²) < 4.78 is 0. The Balaban J connectivity index is 1.85. The first kappa shape index (κ1) is 15.1. The van der Waals surface area contributed by atoms with Gasteiger partial charge in [0.2, 0.25) is 0 Å². The van der Waals surface area contributed by atoms with E-state index in [2.05, 4.69) is 53.8 Å². The van der Waals surface area contributed by atoms with Crippen molar-refractivity contribution in [3.05, 3.63) is 63.5 Å². The van der Waals surface area contributed by atoms with Gasteiger partial charge in [-0.1, -0.05) is 35.4 Å². The van der Waals surface area contributed by atoms with Crippen LogP contribution < -0.4 is 5.32 Å². The molecule has 3 aromatic rings. The maximum Gasteiger partial charge on any atom is 0.187 e. The predicted molar refractivity (Wildman–Crippen MR) is 96.5 cm³/mol. The number of aromatic nitrogens is 1. The number of thiazole rings is 1. The van der Waals surface area contributed by atoms with Gasteiger partial charge in [-0.05, 0) is 50.1 Å². The number of anilines is 2. The van der Waals surface area contributed by atoms with Gasteiger partial charge in [-0.15, -0.1) is 11.3 Å². The fourth-order valence-corrected chi connectivity index (χ4v) is 3.19. The molecule has 0 radical (unpaired) electrons. The number of rotatable bonds is 3. The predicted octanol–water partition coefficient (Wildman–Crippen LogP) is 6.13. The van der Waals surface area contributed by atoms with Crippen LogP contribution >= 0.6 is 22.9 Å². The molecular formula is C18H17ClN2S. The molecule has 0 atom stereocenters. The Kier molecular flexibility index (Phi) is 4.19. The molecule has 0 saturated heterocycles. The summed E-state index contributed by atoms with van der Waals surface area (Å²) in [5, 5.41) is 7.14. The van der Waals surface area contributed by atoms with Crippen molar-refractivity contribution in [2.75, 3.05) is 5.32 Å². The van der Waals surface area contributed by atoms with Crippen molar-refractivity contribution >= 4 is 33.8 Å². The van der Waals surface area contributed by atoms with Gasteiger partial charge in [0, 0.05) is 21.7 Å². The number of benzene rings is 2. The molecule has 1 N–H and O–H groups in total. The molecule has 0 spiro atoms. The van der Waals surface area contributed by atoms with E-state index in [0.29, 0.717) is 0 Å². The number of hydrogen-bond acceptors (Lipinski definition) is 3. The van der Waals surface area contributed by atoms with Crippen molar-refractivity contribution in [2.45, 2.75) is 20.8 Å². The van der Waals surface area contributed by atoms with Crippen LogP contribution in [0.4, 0.5) is 10.8 Å².